The molecule has 0 bridgehead atoms. The molecule has 0 aliphatic rings. The standard InChI is InChI=1S/C10H16N2O6S/c1-18-6-7(13)2-3-12-19(16,17)8-4-9(10(14)15)11-5-8/h4-5,7,11-13H,2-3,6H2,1H3,(H,14,15). The number of sulfonamides is 1. The summed E-state index contributed by atoms with van der Waals surface area (Å²) in [5.41, 5.74) is -0.209. The third-order valence-electron chi connectivity index (χ3n) is 2.33. The molecule has 0 radical (unpaired) electrons. The zero-order valence-electron chi connectivity index (χ0n) is 10.3. The number of rotatable bonds is 8. The third kappa shape index (κ3) is 4.63. The molecule has 0 saturated carbocycles. The van der Waals surface area contributed by atoms with Crippen LogP contribution in [0.15, 0.2) is 17.2 Å². The van der Waals surface area contributed by atoms with Crippen molar-refractivity contribution in [2.75, 3.05) is 20.3 Å². The lowest BCUT2D eigenvalue weighted by atomic mass is 10.3. The topological polar surface area (TPSA) is 129 Å². The molecule has 0 saturated heterocycles. The predicted molar refractivity (Wildman–Crippen MR) is 65.4 cm³/mol. The molecule has 1 rings (SSSR count). The Balaban J connectivity index is 2.58. The summed E-state index contributed by atoms with van der Waals surface area (Å²) in [6.45, 7) is 0.148. The molecule has 19 heavy (non-hydrogen) atoms. The third-order valence-corrected chi connectivity index (χ3v) is 3.77. The first-order valence-corrected chi connectivity index (χ1v) is 6.93. The quantitative estimate of drug-likeness (QED) is 0.506. The molecule has 0 aliphatic heterocycles. The number of hydrogen-bond donors (Lipinski definition) is 4. The van der Waals surface area contributed by atoms with Crippen molar-refractivity contribution in [2.24, 2.45) is 0 Å². The van der Waals surface area contributed by atoms with Crippen LogP contribution in [-0.2, 0) is 14.8 Å². The number of aromatic amines is 1. The Hall–Kier alpha value is -1.42. The summed E-state index contributed by atoms with van der Waals surface area (Å²) in [5, 5.41) is 18.0. The van der Waals surface area contributed by atoms with Gasteiger partial charge in [-0.1, -0.05) is 0 Å². The maximum atomic E-state index is 11.8. The van der Waals surface area contributed by atoms with Gasteiger partial charge in [-0.15, -0.1) is 0 Å². The number of aliphatic hydroxyl groups is 1. The van der Waals surface area contributed by atoms with Crippen LogP contribution in [0, 0.1) is 0 Å². The average molecular weight is 292 g/mol. The van der Waals surface area contributed by atoms with E-state index in [9.17, 15) is 18.3 Å². The molecule has 9 heteroatoms. The number of nitrogens with one attached hydrogen (secondary N) is 2. The van der Waals surface area contributed by atoms with Crippen molar-refractivity contribution in [2.45, 2.75) is 17.4 Å². The van der Waals surface area contributed by atoms with E-state index in [1.54, 1.807) is 0 Å². The van der Waals surface area contributed by atoms with Crippen molar-refractivity contribution >= 4 is 16.0 Å². The van der Waals surface area contributed by atoms with Crippen LogP contribution in [0.3, 0.4) is 0 Å². The van der Waals surface area contributed by atoms with Gasteiger partial charge < -0.3 is 19.9 Å². The minimum atomic E-state index is -3.78. The molecular weight excluding hydrogens is 276 g/mol. The zero-order valence-corrected chi connectivity index (χ0v) is 11.1. The van der Waals surface area contributed by atoms with Gasteiger partial charge in [0.1, 0.15) is 10.6 Å². The molecule has 1 aromatic rings. The van der Waals surface area contributed by atoms with Gasteiger partial charge in [0, 0.05) is 19.9 Å². The summed E-state index contributed by atoms with van der Waals surface area (Å²) < 4.78 is 30.5. The van der Waals surface area contributed by atoms with Crippen LogP contribution in [0.25, 0.3) is 0 Å². The van der Waals surface area contributed by atoms with Gasteiger partial charge in [0.05, 0.1) is 12.7 Å². The summed E-state index contributed by atoms with van der Waals surface area (Å²) in [6, 6.07) is 1.02. The number of hydrogen-bond acceptors (Lipinski definition) is 5. The molecule has 0 amide bonds. The van der Waals surface area contributed by atoms with Crippen LogP contribution < -0.4 is 4.72 Å². The van der Waals surface area contributed by atoms with Crippen LogP contribution >= 0.6 is 0 Å². The molecule has 0 spiro atoms. The minimum Gasteiger partial charge on any atom is -0.477 e. The normalized spacial score (nSPS) is 13.4. The summed E-state index contributed by atoms with van der Waals surface area (Å²) in [5.74, 6) is -1.24. The molecule has 0 aliphatic carbocycles. The van der Waals surface area contributed by atoms with Gasteiger partial charge in [-0.2, -0.15) is 0 Å². The molecule has 0 aromatic carbocycles. The summed E-state index contributed by atoms with van der Waals surface area (Å²) in [6.07, 6.45) is 0.536. The van der Waals surface area contributed by atoms with Gasteiger partial charge in [-0.05, 0) is 12.5 Å². The monoisotopic (exact) mass is 292 g/mol. The summed E-state index contributed by atoms with van der Waals surface area (Å²) in [4.78, 5) is 12.8. The predicted octanol–water partition coefficient (Wildman–Crippen LogP) is -0.611. The molecule has 1 aromatic heterocycles. The number of aliphatic hydroxyl groups excluding tert-OH is 1. The number of H-pyrrole nitrogens is 1. The van der Waals surface area contributed by atoms with Crippen LogP contribution in [0.1, 0.15) is 16.9 Å². The van der Waals surface area contributed by atoms with Crippen LogP contribution in [0.4, 0.5) is 0 Å². The average Bonchev–Trinajstić information content (AvgIpc) is 2.79. The van der Waals surface area contributed by atoms with Crippen LogP contribution in [0.2, 0.25) is 0 Å². The van der Waals surface area contributed by atoms with Crippen LogP contribution in [0.5, 0.6) is 0 Å². The lowest BCUT2D eigenvalue weighted by molar-refractivity contribution is 0.0603. The molecule has 4 N–H and O–H groups in total. The van der Waals surface area contributed by atoms with E-state index in [0.29, 0.717) is 0 Å². The van der Waals surface area contributed by atoms with Gasteiger partial charge in [0.15, 0.2) is 0 Å². The Labute approximate surface area is 110 Å². The van der Waals surface area contributed by atoms with Crippen molar-refractivity contribution in [3.8, 4) is 0 Å². The highest BCUT2D eigenvalue weighted by molar-refractivity contribution is 7.89. The Morgan fingerprint density at radius 3 is 2.79 bits per heavy atom. The van der Waals surface area contributed by atoms with Crippen molar-refractivity contribution in [1.82, 2.24) is 9.71 Å². The van der Waals surface area contributed by atoms with E-state index in [1.165, 1.54) is 7.11 Å². The maximum Gasteiger partial charge on any atom is 0.352 e. The van der Waals surface area contributed by atoms with Gasteiger partial charge >= 0.3 is 5.97 Å². The summed E-state index contributed by atoms with van der Waals surface area (Å²) >= 11 is 0. The Bertz CT molecular complexity index is 524. The van der Waals surface area contributed by atoms with Crippen molar-refractivity contribution in [3.63, 3.8) is 0 Å². The van der Waals surface area contributed by atoms with E-state index in [2.05, 4.69) is 9.71 Å². The Morgan fingerprint density at radius 2 is 2.26 bits per heavy atom. The van der Waals surface area contributed by atoms with E-state index >= 15 is 0 Å². The molecule has 0 fully saturated rings. The molecule has 1 unspecified atom stereocenters. The van der Waals surface area contributed by atoms with Crippen molar-refractivity contribution in [1.29, 1.82) is 0 Å². The lowest BCUT2D eigenvalue weighted by Crippen LogP contribution is -2.28. The Kier molecular flexibility index (Phi) is 5.48. The van der Waals surface area contributed by atoms with Gasteiger partial charge in [0.2, 0.25) is 10.0 Å². The number of aromatic carboxylic acids is 1. The fraction of sp³-hybridized carbons (Fsp3) is 0.500. The van der Waals surface area contributed by atoms with Crippen LogP contribution in [-0.4, -0.2) is 55.9 Å². The SMILES string of the molecule is COCC(O)CCNS(=O)(=O)c1c[nH]c(C(=O)O)c1. The molecular formula is C10H16N2O6S. The number of ether oxygens (including phenoxy) is 1. The minimum absolute atomic E-state index is 0.0282. The van der Waals surface area contributed by atoms with Crippen molar-refractivity contribution < 1.29 is 28.2 Å². The highest BCUT2D eigenvalue weighted by Gasteiger charge is 2.18. The first-order chi connectivity index (χ1) is 8.86. The maximum absolute atomic E-state index is 11.8. The van der Waals surface area contributed by atoms with E-state index < -0.39 is 22.1 Å². The highest BCUT2D eigenvalue weighted by atomic mass is 32.2. The molecule has 8 nitrogen and oxygen atoms in total. The molecule has 1 atom stereocenters. The van der Waals surface area contributed by atoms with Gasteiger partial charge in [-0.3, -0.25) is 0 Å². The number of carboxylic acid groups (broad SMARTS) is 1. The van der Waals surface area contributed by atoms with E-state index in [-0.39, 0.29) is 30.2 Å². The smallest absolute Gasteiger partial charge is 0.352 e. The fourth-order valence-electron chi connectivity index (χ4n) is 1.37. The number of carbonyl (C=O) groups is 1. The molecule has 108 valence electrons. The number of methoxy groups -OCH3 is 1. The van der Waals surface area contributed by atoms with E-state index in [1.807, 2.05) is 0 Å². The number of carboxylic acids is 1. The second-order valence-corrected chi connectivity index (χ2v) is 5.62. The highest BCUT2D eigenvalue weighted by Crippen LogP contribution is 2.10. The van der Waals surface area contributed by atoms with Crippen molar-refractivity contribution in [3.05, 3.63) is 18.0 Å². The van der Waals surface area contributed by atoms with Gasteiger partial charge in [0.25, 0.3) is 0 Å². The zero-order chi connectivity index (χ0) is 14.5. The molecule has 1 heterocycles. The lowest BCUT2D eigenvalue weighted by Gasteiger charge is -2.09. The first-order valence-electron chi connectivity index (χ1n) is 5.45. The fourth-order valence-corrected chi connectivity index (χ4v) is 2.41. The second-order valence-electron chi connectivity index (χ2n) is 3.85. The van der Waals surface area contributed by atoms with Gasteiger partial charge in [-0.25, -0.2) is 17.9 Å². The first kappa shape index (κ1) is 15.6. The number of aromatic nitrogens is 1. The second kappa shape index (κ2) is 6.66. The van der Waals surface area contributed by atoms with E-state index in [0.717, 1.165) is 12.3 Å². The largest absolute Gasteiger partial charge is 0.477 e. The Morgan fingerprint density at radius 1 is 1.58 bits per heavy atom. The van der Waals surface area contributed by atoms with E-state index in [4.69, 9.17) is 9.84 Å². The summed E-state index contributed by atoms with van der Waals surface area (Å²) in [7, 11) is -2.35.